The van der Waals surface area contributed by atoms with Crippen LogP contribution < -0.4 is 9.88 Å². The van der Waals surface area contributed by atoms with Crippen molar-refractivity contribution < 1.29 is 22.4 Å². The van der Waals surface area contributed by atoms with E-state index in [0.717, 1.165) is 25.0 Å². The van der Waals surface area contributed by atoms with Crippen molar-refractivity contribution in [2.75, 3.05) is 6.61 Å². The van der Waals surface area contributed by atoms with E-state index < -0.39 is 16.4 Å². The largest absolute Gasteiger partial charge is 0.490 e. The Morgan fingerprint density at radius 1 is 1.21 bits per heavy atom. The molecule has 156 valence electrons. The minimum atomic E-state index is -4.01. The molecule has 0 radical (unpaired) electrons. The third-order valence-electron chi connectivity index (χ3n) is 5.86. The molecule has 7 nitrogen and oxygen atoms in total. The molecule has 4 atom stereocenters. The van der Waals surface area contributed by atoms with Crippen LogP contribution in [0, 0.1) is 5.92 Å². The minimum Gasteiger partial charge on any atom is -0.490 e. The number of aromatic nitrogens is 1. The molecule has 2 aromatic rings. The van der Waals surface area contributed by atoms with Crippen molar-refractivity contribution in [1.29, 1.82) is 0 Å². The third kappa shape index (κ3) is 5.14. The number of nitrogens with two attached hydrogens (primary N) is 1. The van der Waals surface area contributed by atoms with E-state index in [0.29, 0.717) is 24.5 Å². The second-order valence-electron chi connectivity index (χ2n) is 7.94. The van der Waals surface area contributed by atoms with Gasteiger partial charge in [0.15, 0.2) is 0 Å². The minimum absolute atomic E-state index is 0.136. The van der Waals surface area contributed by atoms with Crippen LogP contribution in [0.25, 0.3) is 0 Å². The molecule has 1 aromatic heterocycles. The maximum atomic E-state index is 11.0. The molecule has 8 heteroatoms. The zero-order chi connectivity index (χ0) is 20.4. The lowest BCUT2D eigenvalue weighted by Gasteiger charge is -2.15. The van der Waals surface area contributed by atoms with Crippen LogP contribution in [0.1, 0.15) is 42.0 Å². The highest BCUT2D eigenvalue weighted by Gasteiger charge is 2.35. The number of ether oxygens (including phenoxy) is 1. The van der Waals surface area contributed by atoms with E-state index in [1.54, 1.807) is 6.20 Å². The van der Waals surface area contributed by atoms with Crippen LogP contribution in [0.4, 0.5) is 0 Å². The van der Waals surface area contributed by atoms with Crippen LogP contribution in [0.5, 0.6) is 5.75 Å². The van der Waals surface area contributed by atoms with Crippen LogP contribution in [0.15, 0.2) is 42.6 Å². The fraction of sp³-hybridized carbons (Fsp3) is 0.476. The van der Waals surface area contributed by atoms with Gasteiger partial charge in [-0.1, -0.05) is 24.3 Å². The normalized spacial score (nSPS) is 26.4. The molecule has 29 heavy (non-hydrogen) atoms. The number of hydrogen-bond acceptors (Lipinski definition) is 6. The summed E-state index contributed by atoms with van der Waals surface area (Å²) in [4.78, 5) is 4.51. The van der Waals surface area contributed by atoms with Crippen LogP contribution in [-0.2, 0) is 27.3 Å². The Morgan fingerprint density at radius 2 is 2.03 bits per heavy atom. The molecule has 1 heterocycles. The van der Waals surface area contributed by atoms with Crippen molar-refractivity contribution in [2.45, 2.75) is 50.2 Å². The summed E-state index contributed by atoms with van der Waals surface area (Å²) in [5.74, 6) is 0.864. The SMILES string of the molecule is NS(=O)(=O)OC[C@@H]1C[C@@H](Oc2ccnc(C[C@H]3CCc4ccccc43)c2)C[C@@H]1O. The topological polar surface area (TPSA) is 112 Å². The molecule has 0 aliphatic heterocycles. The zero-order valence-corrected chi connectivity index (χ0v) is 16.9. The van der Waals surface area contributed by atoms with Crippen molar-refractivity contribution >= 4 is 10.3 Å². The van der Waals surface area contributed by atoms with E-state index in [4.69, 9.17) is 9.88 Å². The average Bonchev–Trinajstić information content (AvgIpc) is 3.23. The molecule has 2 aliphatic rings. The summed E-state index contributed by atoms with van der Waals surface area (Å²) in [6.07, 6.45) is 4.90. The molecule has 0 bridgehead atoms. The van der Waals surface area contributed by atoms with Crippen LogP contribution in [0.3, 0.4) is 0 Å². The fourth-order valence-corrected chi connectivity index (χ4v) is 4.82. The van der Waals surface area contributed by atoms with Crippen molar-refractivity contribution in [2.24, 2.45) is 11.1 Å². The molecular formula is C21H26N2O5S. The molecule has 1 aromatic carbocycles. The van der Waals surface area contributed by atoms with Gasteiger partial charge in [-0.25, -0.2) is 5.14 Å². The number of nitrogens with zero attached hydrogens (tertiary/aromatic N) is 1. The van der Waals surface area contributed by atoms with Gasteiger partial charge in [0.25, 0.3) is 0 Å². The van der Waals surface area contributed by atoms with E-state index >= 15 is 0 Å². The fourth-order valence-electron chi connectivity index (χ4n) is 4.45. The molecule has 0 amide bonds. The quantitative estimate of drug-likeness (QED) is 0.712. The van der Waals surface area contributed by atoms with Gasteiger partial charge >= 0.3 is 10.3 Å². The number of aliphatic hydroxyl groups is 1. The van der Waals surface area contributed by atoms with E-state index in [9.17, 15) is 13.5 Å². The van der Waals surface area contributed by atoms with E-state index in [1.807, 2.05) is 12.1 Å². The Labute approximate surface area is 171 Å². The van der Waals surface area contributed by atoms with Gasteiger partial charge < -0.3 is 9.84 Å². The molecule has 3 N–H and O–H groups in total. The summed E-state index contributed by atoms with van der Waals surface area (Å²) < 4.78 is 32.6. The maximum Gasteiger partial charge on any atom is 0.333 e. The Kier molecular flexibility index (Phi) is 5.87. The first-order valence-electron chi connectivity index (χ1n) is 9.92. The predicted molar refractivity (Wildman–Crippen MR) is 108 cm³/mol. The first-order chi connectivity index (χ1) is 13.9. The summed E-state index contributed by atoms with van der Waals surface area (Å²) in [6, 6.07) is 12.4. The highest BCUT2D eigenvalue weighted by molar-refractivity contribution is 7.84. The van der Waals surface area contributed by atoms with Crippen molar-refractivity contribution in [3.8, 4) is 5.75 Å². The molecular weight excluding hydrogens is 392 g/mol. The summed E-state index contributed by atoms with van der Waals surface area (Å²) in [6.45, 7) is -0.136. The van der Waals surface area contributed by atoms with Gasteiger partial charge in [0.05, 0.1) is 12.7 Å². The lowest BCUT2D eigenvalue weighted by Crippen LogP contribution is -2.24. The molecule has 1 saturated carbocycles. The van der Waals surface area contributed by atoms with Gasteiger partial charge in [-0.2, -0.15) is 8.42 Å². The summed E-state index contributed by atoms with van der Waals surface area (Å²) in [7, 11) is -4.01. The van der Waals surface area contributed by atoms with Crippen LogP contribution in [0.2, 0.25) is 0 Å². The number of pyridine rings is 1. The predicted octanol–water partition coefficient (Wildman–Crippen LogP) is 2.09. The van der Waals surface area contributed by atoms with Gasteiger partial charge in [0.2, 0.25) is 0 Å². The first kappa shape index (κ1) is 20.3. The van der Waals surface area contributed by atoms with Gasteiger partial charge in [0, 0.05) is 30.3 Å². The highest BCUT2D eigenvalue weighted by Crippen LogP contribution is 2.36. The first-order valence-corrected chi connectivity index (χ1v) is 11.4. The van der Waals surface area contributed by atoms with Gasteiger partial charge in [-0.3, -0.25) is 9.17 Å². The summed E-state index contributed by atoms with van der Waals surface area (Å²) >= 11 is 0. The standard InChI is InChI=1S/C21H26N2O5S/c22-29(25,26)27-13-16-10-19(12-21(16)24)28-18-7-8-23-17(11-18)9-15-6-5-14-3-1-2-4-20(14)15/h1-4,7-8,11,15-16,19,21,24H,5-6,9-10,12-13H2,(H2,22,25,26)/t15-,16+,19-,21+/m1/s1. The van der Waals surface area contributed by atoms with Gasteiger partial charge in [-0.15, -0.1) is 0 Å². The third-order valence-corrected chi connectivity index (χ3v) is 6.33. The molecule has 1 fully saturated rings. The highest BCUT2D eigenvalue weighted by atomic mass is 32.2. The monoisotopic (exact) mass is 418 g/mol. The smallest absolute Gasteiger partial charge is 0.333 e. The lowest BCUT2D eigenvalue weighted by atomic mass is 9.96. The van der Waals surface area contributed by atoms with Crippen molar-refractivity contribution in [3.05, 3.63) is 59.4 Å². The maximum absolute atomic E-state index is 11.0. The Morgan fingerprint density at radius 3 is 2.86 bits per heavy atom. The number of hydrogen-bond donors (Lipinski definition) is 2. The second-order valence-corrected chi connectivity index (χ2v) is 9.16. The van der Waals surface area contributed by atoms with Crippen molar-refractivity contribution in [1.82, 2.24) is 4.98 Å². The summed E-state index contributed by atoms with van der Waals surface area (Å²) in [5.41, 5.74) is 3.83. The zero-order valence-electron chi connectivity index (χ0n) is 16.1. The number of rotatable bonds is 7. The van der Waals surface area contributed by atoms with E-state index in [2.05, 4.69) is 33.4 Å². The number of aliphatic hydroxyl groups excluding tert-OH is 1. The Hall–Kier alpha value is -2.00. The van der Waals surface area contributed by atoms with Crippen LogP contribution in [-0.4, -0.2) is 37.3 Å². The number of fused-ring (bicyclic) bond motifs is 1. The van der Waals surface area contributed by atoms with Gasteiger partial charge in [0.1, 0.15) is 11.9 Å². The summed E-state index contributed by atoms with van der Waals surface area (Å²) in [5, 5.41) is 15.0. The Balaban J connectivity index is 1.36. The molecule has 0 unspecified atom stereocenters. The van der Waals surface area contributed by atoms with E-state index in [-0.39, 0.29) is 18.6 Å². The molecule has 2 aliphatic carbocycles. The molecule has 0 saturated heterocycles. The number of benzene rings is 1. The van der Waals surface area contributed by atoms with E-state index in [1.165, 1.54) is 11.1 Å². The molecule has 4 rings (SSSR count). The lowest BCUT2D eigenvalue weighted by molar-refractivity contribution is 0.0987. The Bertz CT molecular complexity index is 965. The molecule has 0 spiro atoms. The second kappa shape index (κ2) is 8.39. The number of aryl methyl sites for hydroxylation is 1. The average molecular weight is 419 g/mol. The van der Waals surface area contributed by atoms with Crippen LogP contribution >= 0.6 is 0 Å². The van der Waals surface area contributed by atoms with Gasteiger partial charge in [-0.05, 0) is 48.8 Å². The van der Waals surface area contributed by atoms with Crippen molar-refractivity contribution in [3.63, 3.8) is 0 Å².